The van der Waals surface area contributed by atoms with Crippen molar-refractivity contribution >= 4 is 38.9 Å². The number of nitrogens with one attached hydrogen (secondary N) is 2. The standard InChI is InChI=1S/C20H15ClN2O5S/c21-14-4-2-5-15(10-14)22-20(24)13-3-1-6-17(9-13)29(25,26)23-16-7-8-18-19(11-16)28-12-27-18/h1-11,23H,12H2,(H,22,24). The predicted molar refractivity (Wildman–Crippen MR) is 109 cm³/mol. The lowest BCUT2D eigenvalue weighted by Crippen LogP contribution is -2.16. The third kappa shape index (κ3) is 4.28. The van der Waals surface area contributed by atoms with E-state index < -0.39 is 15.9 Å². The van der Waals surface area contributed by atoms with Gasteiger partial charge >= 0.3 is 0 Å². The number of halogens is 1. The second-order valence-electron chi connectivity index (χ2n) is 6.17. The molecule has 0 bridgehead atoms. The summed E-state index contributed by atoms with van der Waals surface area (Å²) < 4.78 is 38.4. The molecule has 0 unspecified atom stereocenters. The van der Waals surface area contributed by atoms with E-state index in [9.17, 15) is 13.2 Å². The molecule has 0 saturated carbocycles. The van der Waals surface area contributed by atoms with Crippen LogP contribution in [0, 0.1) is 0 Å². The van der Waals surface area contributed by atoms with Crippen molar-refractivity contribution in [3.8, 4) is 11.5 Å². The number of hydrogen-bond donors (Lipinski definition) is 2. The monoisotopic (exact) mass is 430 g/mol. The van der Waals surface area contributed by atoms with Crippen LogP contribution >= 0.6 is 11.6 Å². The van der Waals surface area contributed by atoms with Crippen LogP contribution < -0.4 is 19.5 Å². The van der Waals surface area contributed by atoms with Crippen molar-refractivity contribution in [1.82, 2.24) is 0 Å². The summed E-state index contributed by atoms with van der Waals surface area (Å²) in [5.41, 5.74) is 1.02. The Morgan fingerprint density at radius 1 is 0.897 bits per heavy atom. The van der Waals surface area contributed by atoms with Gasteiger partial charge in [-0.2, -0.15) is 0 Å². The minimum Gasteiger partial charge on any atom is -0.454 e. The largest absolute Gasteiger partial charge is 0.454 e. The first-order valence-corrected chi connectivity index (χ1v) is 10.4. The zero-order chi connectivity index (χ0) is 20.4. The van der Waals surface area contributed by atoms with Crippen molar-refractivity contribution in [3.63, 3.8) is 0 Å². The molecule has 3 aromatic rings. The van der Waals surface area contributed by atoms with Crippen LogP contribution in [0.15, 0.2) is 71.6 Å². The van der Waals surface area contributed by atoms with Crippen LogP contribution in [0.4, 0.5) is 11.4 Å². The summed E-state index contributed by atoms with van der Waals surface area (Å²) in [6.45, 7) is 0.0926. The highest BCUT2D eigenvalue weighted by atomic mass is 35.5. The van der Waals surface area contributed by atoms with E-state index in [1.807, 2.05) is 0 Å². The van der Waals surface area contributed by atoms with Crippen molar-refractivity contribution in [2.24, 2.45) is 0 Å². The highest BCUT2D eigenvalue weighted by molar-refractivity contribution is 7.92. The summed E-state index contributed by atoms with van der Waals surface area (Å²) in [5.74, 6) is 0.555. The average molecular weight is 431 g/mol. The number of fused-ring (bicyclic) bond motifs is 1. The second kappa shape index (κ2) is 7.65. The smallest absolute Gasteiger partial charge is 0.261 e. The molecular formula is C20H15ClN2O5S. The number of anilines is 2. The fourth-order valence-electron chi connectivity index (χ4n) is 2.75. The molecule has 7 nitrogen and oxygen atoms in total. The van der Waals surface area contributed by atoms with Gasteiger partial charge in [0, 0.05) is 22.3 Å². The fourth-order valence-corrected chi connectivity index (χ4v) is 4.03. The minimum absolute atomic E-state index is 0.0473. The number of benzene rings is 3. The molecule has 0 atom stereocenters. The maximum atomic E-state index is 12.7. The third-order valence-electron chi connectivity index (χ3n) is 4.11. The number of rotatable bonds is 5. The molecule has 1 amide bonds. The van der Waals surface area contributed by atoms with Gasteiger partial charge in [0.25, 0.3) is 15.9 Å². The summed E-state index contributed by atoms with van der Waals surface area (Å²) in [6, 6.07) is 17.1. The van der Waals surface area contributed by atoms with Gasteiger partial charge in [-0.05, 0) is 48.5 Å². The second-order valence-corrected chi connectivity index (χ2v) is 8.28. The topological polar surface area (TPSA) is 93.7 Å². The molecule has 1 aliphatic rings. The van der Waals surface area contributed by atoms with Crippen molar-refractivity contribution in [1.29, 1.82) is 0 Å². The Hall–Kier alpha value is -3.23. The van der Waals surface area contributed by atoms with Crippen LogP contribution in [0.2, 0.25) is 5.02 Å². The summed E-state index contributed by atoms with van der Waals surface area (Å²) >= 11 is 5.92. The van der Waals surface area contributed by atoms with Gasteiger partial charge in [-0.1, -0.05) is 23.7 Å². The van der Waals surface area contributed by atoms with E-state index in [2.05, 4.69) is 10.0 Å². The van der Waals surface area contributed by atoms with Crippen molar-refractivity contribution < 1.29 is 22.7 Å². The van der Waals surface area contributed by atoms with E-state index in [-0.39, 0.29) is 17.3 Å². The maximum absolute atomic E-state index is 12.7. The van der Waals surface area contributed by atoms with Crippen LogP contribution in [0.3, 0.4) is 0 Å². The first kappa shape index (κ1) is 19.1. The molecule has 0 aromatic heterocycles. The molecule has 0 radical (unpaired) electrons. The molecule has 29 heavy (non-hydrogen) atoms. The van der Waals surface area contributed by atoms with Crippen LogP contribution in [0.1, 0.15) is 10.4 Å². The quantitative estimate of drug-likeness (QED) is 0.635. The highest BCUT2D eigenvalue weighted by Gasteiger charge is 2.19. The van der Waals surface area contributed by atoms with Gasteiger partial charge in [0.2, 0.25) is 6.79 Å². The Balaban J connectivity index is 1.54. The molecular weight excluding hydrogens is 416 g/mol. The summed E-state index contributed by atoms with van der Waals surface area (Å²) in [5, 5.41) is 3.17. The predicted octanol–water partition coefficient (Wildman–Crippen LogP) is 4.12. The number of hydrogen-bond acceptors (Lipinski definition) is 5. The molecule has 0 aliphatic carbocycles. The number of ether oxygens (including phenoxy) is 2. The fraction of sp³-hybridized carbons (Fsp3) is 0.0500. The molecule has 1 heterocycles. The number of carbonyl (C=O) groups is 1. The molecule has 1 aliphatic heterocycles. The number of carbonyl (C=O) groups excluding carboxylic acids is 1. The lowest BCUT2D eigenvalue weighted by Gasteiger charge is -2.10. The Morgan fingerprint density at radius 2 is 1.69 bits per heavy atom. The zero-order valence-corrected chi connectivity index (χ0v) is 16.5. The number of amides is 1. The van der Waals surface area contributed by atoms with Crippen LogP contribution in [0.25, 0.3) is 0 Å². The van der Waals surface area contributed by atoms with E-state index in [0.717, 1.165) is 0 Å². The van der Waals surface area contributed by atoms with E-state index in [1.165, 1.54) is 30.3 Å². The van der Waals surface area contributed by atoms with Gasteiger partial charge in [-0.25, -0.2) is 8.42 Å². The Bertz CT molecular complexity index is 1200. The molecule has 3 aromatic carbocycles. The first-order chi connectivity index (χ1) is 13.9. The molecule has 0 spiro atoms. The van der Waals surface area contributed by atoms with Crippen LogP contribution in [-0.2, 0) is 10.0 Å². The zero-order valence-electron chi connectivity index (χ0n) is 14.9. The lowest BCUT2D eigenvalue weighted by atomic mass is 10.2. The molecule has 0 fully saturated rings. The molecule has 0 saturated heterocycles. The van der Waals surface area contributed by atoms with Crippen LogP contribution in [-0.4, -0.2) is 21.1 Å². The first-order valence-electron chi connectivity index (χ1n) is 8.50. The van der Waals surface area contributed by atoms with Gasteiger partial charge in [-0.15, -0.1) is 0 Å². The van der Waals surface area contributed by atoms with E-state index in [4.69, 9.17) is 21.1 Å². The SMILES string of the molecule is O=C(Nc1cccc(Cl)c1)c1cccc(S(=O)(=O)Nc2ccc3c(c2)OCO3)c1. The summed E-state index contributed by atoms with van der Waals surface area (Å²) in [7, 11) is -3.91. The number of sulfonamides is 1. The van der Waals surface area contributed by atoms with Crippen molar-refractivity contribution in [2.75, 3.05) is 16.8 Å². The van der Waals surface area contributed by atoms with Crippen molar-refractivity contribution in [2.45, 2.75) is 4.90 Å². The van der Waals surface area contributed by atoms with E-state index in [1.54, 1.807) is 36.4 Å². The maximum Gasteiger partial charge on any atom is 0.261 e. The van der Waals surface area contributed by atoms with Crippen molar-refractivity contribution in [3.05, 3.63) is 77.3 Å². The highest BCUT2D eigenvalue weighted by Crippen LogP contribution is 2.34. The minimum atomic E-state index is -3.91. The molecule has 2 N–H and O–H groups in total. The molecule has 9 heteroatoms. The van der Waals surface area contributed by atoms with E-state index in [0.29, 0.717) is 27.9 Å². The average Bonchev–Trinajstić information content (AvgIpc) is 3.15. The Kier molecular flexibility index (Phi) is 5.04. The third-order valence-corrected chi connectivity index (χ3v) is 5.73. The Labute approximate surface area is 172 Å². The molecule has 148 valence electrons. The van der Waals surface area contributed by atoms with E-state index >= 15 is 0 Å². The molecule has 4 rings (SSSR count). The van der Waals surface area contributed by atoms with Gasteiger partial charge in [0.15, 0.2) is 11.5 Å². The Morgan fingerprint density at radius 3 is 2.52 bits per heavy atom. The van der Waals surface area contributed by atoms with Gasteiger partial charge in [0.1, 0.15) is 0 Å². The van der Waals surface area contributed by atoms with Gasteiger partial charge < -0.3 is 14.8 Å². The lowest BCUT2D eigenvalue weighted by molar-refractivity contribution is 0.102. The van der Waals surface area contributed by atoms with Gasteiger partial charge in [0.05, 0.1) is 10.6 Å². The summed E-state index contributed by atoms with van der Waals surface area (Å²) in [6.07, 6.45) is 0. The van der Waals surface area contributed by atoms with Gasteiger partial charge in [-0.3, -0.25) is 9.52 Å². The van der Waals surface area contributed by atoms with Crippen LogP contribution in [0.5, 0.6) is 11.5 Å². The normalized spacial score (nSPS) is 12.4. The summed E-state index contributed by atoms with van der Waals surface area (Å²) in [4.78, 5) is 12.4.